The molecule has 2 aromatic heterocycles. The first-order valence-corrected chi connectivity index (χ1v) is 20.7. The molecular weight excluding hydrogens is 793 g/mol. The Morgan fingerprint density at radius 3 is 1.48 bits per heavy atom. The molecule has 2 fully saturated rings. The van der Waals surface area contributed by atoms with E-state index in [2.05, 4.69) is 19.9 Å². The molecule has 0 spiro atoms. The first-order chi connectivity index (χ1) is 30.3. The van der Waals surface area contributed by atoms with E-state index in [1.54, 1.807) is 24.3 Å². The van der Waals surface area contributed by atoms with Crippen LogP contribution in [0.5, 0.6) is 23.0 Å². The maximum atomic E-state index is 12.9. The molecule has 2 unspecified atom stereocenters. The molecule has 318 valence electrons. The van der Waals surface area contributed by atoms with E-state index in [4.69, 9.17) is 28.4 Å². The summed E-state index contributed by atoms with van der Waals surface area (Å²) in [6.07, 6.45) is 8.90. The third-order valence-corrected chi connectivity index (χ3v) is 10.3. The summed E-state index contributed by atoms with van der Waals surface area (Å²) in [5, 5.41) is 0. The second kappa shape index (κ2) is 20.1. The standard InChI is InChI=1S/C48H46N4O10/c53-43(45-49-27-42(52-45)48(56)62-38-20-7-32(8-21-38)9-22-39-28-59-39)24-33-10-14-35(15-11-33)57-23-3-1-2-4-31-5-18-37(19-6-31)61-47(55)41-26-50-46(51-41)44(54)25-34-12-16-36(17-13-34)58-29-40-30-60-40/h5-8,10-21,26-27,39-40H,1-4,9,22-25,28-30H2,(H,49,52)(H,50,51). The summed E-state index contributed by atoms with van der Waals surface area (Å²) in [6, 6.07) is 29.3. The smallest absolute Gasteiger partial charge is 0.361 e. The van der Waals surface area contributed by atoms with Gasteiger partial charge in [0.1, 0.15) is 47.1 Å². The van der Waals surface area contributed by atoms with Crippen molar-refractivity contribution in [3.05, 3.63) is 155 Å². The molecule has 0 aliphatic carbocycles. The van der Waals surface area contributed by atoms with Crippen molar-refractivity contribution in [3.8, 4) is 23.0 Å². The number of aryl methyl sites for hydroxylation is 2. The first-order valence-electron chi connectivity index (χ1n) is 20.7. The predicted molar refractivity (Wildman–Crippen MR) is 225 cm³/mol. The Labute approximate surface area is 357 Å². The molecule has 14 nitrogen and oxygen atoms in total. The molecule has 2 saturated heterocycles. The molecular formula is C48H46N4O10. The monoisotopic (exact) mass is 838 g/mol. The highest BCUT2D eigenvalue weighted by atomic mass is 16.6. The van der Waals surface area contributed by atoms with E-state index >= 15 is 0 Å². The molecule has 0 bridgehead atoms. The quantitative estimate of drug-likeness (QED) is 0.0216. The largest absolute Gasteiger partial charge is 0.494 e. The summed E-state index contributed by atoms with van der Waals surface area (Å²) >= 11 is 0. The molecule has 2 N–H and O–H groups in total. The van der Waals surface area contributed by atoms with Crippen molar-refractivity contribution in [1.29, 1.82) is 0 Å². The number of ether oxygens (including phenoxy) is 6. The topological polar surface area (TPSA) is 188 Å². The highest BCUT2D eigenvalue weighted by Crippen LogP contribution is 2.22. The SMILES string of the molecule is O=C(Oc1ccc(CCCCCOc2ccc(CC(=O)c3ncc(C(=O)Oc4ccc(CCC5CO5)cc4)[nH]3)cc2)cc1)c1cnc(C(=O)Cc2ccc(OCC3CO3)cc2)[nH]1. The molecule has 4 aromatic carbocycles. The number of aromatic amines is 2. The average molecular weight is 839 g/mol. The van der Waals surface area contributed by atoms with Gasteiger partial charge in [-0.2, -0.15) is 0 Å². The van der Waals surface area contributed by atoms with Gasteiger partial charge in [-0.3, -0.25) is 9.59 Å². The van der Waals surface area contributed by atoms with Gasteiger partial charge < -0.3 is 38.4 Å². The normalized spacial score (nSPS) is 15.1. The number of nitrogens with zero attached hydrogens (tertiary/aromatic N) is 2. The van der Waals surface area contributed by atoms with Crippen LogP contribution < -0.4 is 18.9 Å². The van der Waals surface area contributed by atoms with Gasteiger partial charge in [0.2, 0.25) is 11.6 Å². The van der Waals surface area contributed by atoms with E-state index in [1.165, 1.54) is 12.4 Å². The van der Waals surface area contributed by atoms with Crippen LogP contribution in [0.15, 0.2) is 109 Å². The van der Waals surface area contributed by atoms with Gasteiger partial charge in [0.15, 0.2) is 11.6 Å². The number of carbonyl (C=O) groups excluding carboxylic acids is 4. The van der Waals surface area contributed by atoms with Crippen LogP contribution in [-0.4, -0.2) is 82.1 Å². The number of epoxide rings is 2. The van der Waals surface area contributed by atoms with Crippen molar-refractivity contribution in [2.45, 2.75) is 63.6 Å². The molecule has 0 amide bonds. The Hall–Kier alpha value is -6.90. The van der Waals surface area contributed by atoms with Gasteiger partial charge in [-0.25, -0.2) is 19.6 Å². The lowest BCUT2D eigenvalue weighted by Crippen LogP contribution is -2.10. The summed E-state index contributed by atoms with van der Waals surface area (Å²) in [7, 11) is 0. The minimum atomic E-state index is -0.634. The van der Waals surface area contributed by atoms with Crippen molar-refractivity contribution >= 4 is 23.5 Å². The number of benzene rings is 4. The van der Waals surface area contributed by atoms with E-state index < -0.39 is 11.9 Å². The zero-order chi connectivity index (χ0) is 42.7. The molecule has 6 aromatic rings. The predicted octanol–water partition coefficient (Wildman–Crippen LogP) is 7.32. The highest BCUT2D eigenvalue weighted by molar-refractivity contribution is 5.97. The third kappa shape index (κ3) is 12.3. The summed E-state index contributed by atoms with van der Waals surface area (Å²) < 4.78 is 32.9. The van der Waals surface area contributed by atoms with Gasteiger partial charge in [0.05, 0.1) is 38.3 Å². The fourth-order valence-electron chi connectivity index (χ4n) is 6.56. The van der Waals surface area contributed by atoms with Crippen molar-refractivity contribution in [3.63, 3.8) is 0 Å². The second-order valence-corrected chi connectivity index (χ2v) is 15.3. The fourth-order valence-corrected chi connectivity index (χ4v) is 6.56. The number of Topliss-reactive ketones (excluding diaryl/α,β-unsaturated/α-hetero) is 2. The third-order valence-electron chi connectivity index (χ3n) is 10.3. The Kier molecular flexibility index (Phi) is 13.6. The Balaban J connectivity index is 0.690. The molecule has 62 heavy (non-hydrogen) atoms. The number of rotatable bonds is 23. The van der Waals surface area contributed by atoms with Crippen molar-refractivity contribution in [2.24, 2.45) is 0 Å². The Morgan fingerprint density at radius 2 is 0.984 bits per heavy atom. The lowest BCUT2D eigenvalue weighted by Gasteiger charge is -2.08. The number of aromatic nitrogens is 4. The van der Waals surface area contributed by atoms with Crippen LogP contribution in [0.1, 0.15) is 90.2 Å². The number of unbranched alkanes of at least 4 members (excludes halogenated alkanes) is 2. The highest BCUT2D eigenvalue weighted by Gasteiger charge is 2.24. The van der Waals surface area contributed by atoms with Gasteiger partial charge >= 0.3 is 11.9 Å². The Bertz CT molecular complexity index is 2280. The number of nitrogens with one attached hydrogen (secondary N) is 2. The van der Waals surface area contributed by atoms with Crippen LogP contribution in [0.3, 0.4) is 0 Å². The zero-order valence-electron chi connectivity index (χ0n) is 34.0. The molecule has 0 radical (unpaired) electrons. The van der Waals surface area contributed by atoms with Crippen molar-refractivity contribution in [1.82, 2.24) is 19.9 Å². The summed E-state index contributed by atoms with van der Waals surface area (Å²) in [6.45, 7) is 2.62. The van der Waals surface area contributed by atoms with Gasteiger partial charge in [-0.05, 0) is 109 Å². The van der Waals surface area contributed by atoms with E-state index in [1.807, 2.05) is 72.8 Å². The number of H-pyrrole nitrogens is 2. The minimum Gasteiger partial charge on any atom is -0.494 e. The van der Waals surface area contributed by atoms with E-state index in [0.717, 1.165) is 74.0 Å². The van der Waals surface area contributed by atoms with E-state index in [0.29, 0.717) is 42.3 Å². The van der Waals surface area contributed by atoms with Crippen LogP contribution in [0.4, 0.5) is 0 Å². The van der Waals surface area contributed by atoms with Crippen LogP contribution >= 0.6 is 0 Å². The maximum Gasteiger partial charge on any atom is 0.361 e. The average Bonchev–Trinajstić information content (AvgIpc) is 4.20. The lowest BCUT2D eigenvalue weighted by atomic mass is 10.1. The number of hydrogen-bond donors (Lipinski definition) is 2. The van der Waals surface area contributed by atoms with Gasteiger partial charge in [0, 0.05) is 12.8 Å². The molecule has 2 aliphatic heterocycles. The zero-order valence-corrected chi connectivity index (χ0v) is 34.0. The van der Waals surface area contributed by atoms with E-state index in [-0.39, 0.29) is 53.5 Å². The fraction of sp³-hybridized carbons (Fsp3) is 0.292. The molecule has 14 heteroatoms. The molecule has 2 atom stereocenters. The molecule has 0 saturated carbocycles. The van der Waals surface area contributed by atoms with Crippen molar-refractivity contribution < 1.29 is 47.6 Å². The minimum absolute atomic E-state index is 0.0862. The van der Waals surface area contributed by atoms with Crippen LogP contribution in [0.2, 0.25) is 0 Å². The van der Waals surface area contributed by atoms with Gasteiger partial charge in [-0.15, -0.1) is 0 Å². The number of hydrogen-bond acceptors (Lipinski definition) is 12. The number of imidazole rings is 2. The Morgan fingerprint density at radius 1 is 0.532 bits per heavy atom. The van der Waals surface area contributed by atoms with Crippen LogP contribution in [0.25, 0.3) is 0 Å². The number of esters is 2. The molecule has 4 heterocycles. The first kappa shape index (κ1) is 41.8. The number of ketones is 2. The summed E-state index contributed by atoms with van der Waals surface area (Å²) in [5.41, 5.74) is 4.04. The second-order valence-electron chi connectivity index (χ2n) is 15.3. The lowest BCUT2D eigenvalue weighted by molar-refractivity contribution is 0.0719. The summed E-state index contributed by atoms with van der Waals surface area (Å²) in [5.74, 6) is 0.643. The number of carbonyl (C=O) groups is 4. The van der Waals surface area contributed by atoms with Gasteiger partial charge in [0.25, 0.3) is 0 Å². The van der Waals surface area contributed by atoms with E-state index in [9.17, 15) is 19.2 Å². The van der Waals surface area contributed by atoms with Crippen LogP contribution in [0, 0.1) is 0 Å². The van der Waals surface area contributed by atoms with Gasteiger partial charge in [-0.1, -0.05) is 48.5 Å². The van der Waals surface area contributed by atoms with Crippen molar-refractivity contribution in [2.75, 3.05) is 26.4 Å². The maximum absolute atomic E-state index is 12.9. The molecule has 2 aliphatic rings. The van der Waals surface area contributed by atoms with Crippen LogP contribution in [-0.2, 0) is 35.2 Å². The summed E-state index contributed by atoms with van der Waals surface area (Å²) in [4.78, 5) is 64.9. The molecule has 8 rings (SSSR count).